The monoisotopic (exact) mass is 246 g/mol. The van der Waals surface area contributed by atoms with Gasteiger partial charge in [0.25, 0.3) is 0 Å². The van der Waals surface area contributed by atoms with Gasteiger partial charge in [-0.2, -0.15) is 0 Å². The van der Waals surface area contributed by atoms with Gasteiger partial charge in [0, 0.05) is 11.6 Å². The van der Waals surface area contributed by atoms with E-state index in [4.69, 9.17) is 5.73 Å². The van der Waals surface area contributed by atoms with Crippen LogP contribution in [0.15, 0.2) is 18.2 Å². The van der Waals surface area contributed by atoms with Gasteiger partial charge in [0.05, 0.1) is 0 Å². The molecule has 100 valence electrons. The van der Waals surface area contributed by atoms with E-state index in [1.807, 2.05) is 0 Å². The summed E-state index contributed by atoms with van der Waals surface area (Å²) in [7, 11) is 4.35. The number of likely N-dealkylation sites (N-methyl/N-ethyl adjacent to an activating group) is 1. The van der Waals surface area contributed by atoms with E-state index in [0.29, 0.717) is 0 Å². The first kappa shape index (κ1) is 13.6. The third-order valence-electron chi connectivity index (χ3n) is 4.70. The van der Waals surface area contributed by atoms with Gasteiger partial charge in [0.15, 0.2) is 0 Å². The SMILES string of the molecule is Cc1ccc(C(N)C2(N(C)C)CCCC2)c(C)c1. The number of benzene rings is 1. The topological polar surface area (TPSA) is 29.3 Å². The van der Waals surface area contributed by atoms with E-state index in [1.54, 1.807) is 0 Å². The molecule has 0 heterocycles. The number of nitrogens with two attached hydrogens (primary N) is 1. The number of aryl methyl sites for hydroxylation is 2. The Balaban J connectivity index is 2.37. The molecule has 0 aromatic heterocycles. The first-order chi connectivity index (χ1) is 8.47. The number of nitrogens with zero attached hydrogens (tertiary/aromatic N) is 1. The van der Waals surface area contributed by atoms with Crippen LogP contribution in [0.4, 0.5) is 0 Å². The van der Waals surface area contributed by atoms with Crippen molar-refractivity contribution in [2.24, 2.45) is 5.73 Å². The summed E-state index contributed by atoms with van der Waals surface area (Å²) >= 11 is 0. The molecule has 2 N–H and O–H groups in total. The Morgan fingerprint density at radius 3 is 2.28 bits per heavy atom. The fourth-order valence-electron chi connectivity index (χ4n) is 3.49. The summed E-state index contributed by atoms with van der Waals surface area (Å²) < 4.78 is 0. The quantitative estimate of drug-likeness (QED) is 0.887. The summed E-state index contributed by atoms with van der Waals surface area (Å²) in [6, 6.07) is 6.77. The average molecular weight is 246 g/mol. The molecule has 1 fully saturated rings. The molecule has 2 rings (SSSR count). The van der Waals surface area contributed by atoms with E-state index < -0.39 is 0 Å². The molecule has 1 atom stereocenters. The maximum Gasteiger partial charge on any atom is 0.0484 e. The van der Waals surface area contributed by atoms with E-state index in [1.165, 1.54) is 42.4 Å². The first-order valence-corrected chi connectivity index (χ1v) is 6.97. The zero-order chi connectivity index (χ0) is 13.3. The van der Waals surface area contributed by atoms with E-state index in [0.717, 1.165) is 0 Å². The summed E-state index contributed by atoms with van der Waals surface area (Å²) in [5, 5.41) is 0. The smallest absolute Gasteiger partial charge is 0.0484 e. The van der Waals surface area contributed by atoms with Crippen molar-refractivity contribution < 1.29 is 0 Å². The van der Waals surface area contributed by atoms with Gasteiger partial charge in [0.2, 0.25) is 0 Å². The minimum atomic E-state index is 0.121. The first-order valence-electron chi connectivity index (χ1n) is 6.97. The van der Waals surface area contributed by atoms with Crippen LogP contribution in [0.3, 0.4) is 0 Å². The van der Waals surface area contributed by atoms with Gasteiger partial charge in [0.1, 0.15) is 0 Å². The summed E-state index contributed by atoms with van der Waals surface area (Å²) in [6.07, 6.45) is 5.04. The molecule has 1 saturated carbocycles. The van der Waals surface area contributed by atoms with Crippen molar-refractivity contribution >= 4 is 0 Å². The molecule has 1 unspecified atom stereocenters. The van der Waals surface area contributed by atoms with Crippen molar-refractivity contribution in [3.63, 3.8) is 0 Å². The highest BCUT2D eigenvalue weighted by atomic mass is 15.2. The fraction of sp³-hybridized carbons (Fsp3) is 0.625. The molecule has 1 aliphatic carbocycles. The molecule has 1 aromatic carbocycles. The van der Waals surface area contributed by atoms with Crippen molar-refractivity contribution in [3.05, 3.63) is 34.9 Å². The molecule has 0 aliphatic heterocycles. The lowest BCUT2D eigenvalue weighted by atomic mass is 9.81. The molecule has 18 heavy (non-hydrogen) atoms. The lowest BCUT2D eigenvalue weighted by Gasteiger charge is -2.42. The Hall–Kier alpha value is -0.860. The van der Waals surface area contributed by atoms with Crippen LogP contribution in [-0.2, 0) is 0 Å². The summed E-state index contributed by atoms with van der Waals surface area (Å²) in [5.74, 6) is 0. The predicted octanol–water partition coefficient (Wildman–Crippen LogP) is 3.18. The highest BCUT2D eigenvalue weighted by molar-refractivity contribution is 5.35. The van der Waals surface area contributed by atoms with Gasteiger partial charge in [-0.15, -0.1) is 0 Å². The van der Waals surface area contributed by atoms with Crippen LogP contribution in [0.5, 0.6) is 0 Å². The van der Waals surface area contributed by atoms with Crippen LogP contribution >= 0.6 is 0 Å². The van der Waals surface area contributed by atoms with Gasteiger partial charge in [-0.05, 0) is 51.9 Å². The maximum absolute atomic E-state index is 6.65. The second-order valence-corrected chi connectivity index (χ2v) is 6.04. The second kappa shape index (κ2) is 5.02. The second-order valence-electron chi connectivity index (χ2n) is 6.04. The third-order valence-corrected chi connectivity index (χ3v) is 4.70. The molecule has 0 amide bonds. The molecule has 0 radical (unpaired) electrons. The van der Waals surface area contributed by atoms with Gasteiger partial charge in [-0.3, -0.25) is 0 Å². The normalized spacial score (nSPS) is 20.3. The third kappa shape index (κ3) is 2.19. The summed E-state index contributed by atoms with van der Waals surface area (Å²) in [4.78, 5) is 2.35. The Morgan fingerprint density at radius 2 is 1.78 bits per heavy atom. The molecule has 1 aromatic rings. The predicted molar refractivity (Wildman–Crippen MR) is 77.7 cm³/mol. The van der Waals surface area contributed by atoms with Crippen molar-refractivity contribution in [1.82, 2.24) is 4.90 Å². The minimum absolute atomic E-state index is 0.121. The molecular weight excluding hydrogens is 220 g/mol. The van der Waals surface area contributed by atoms with Crippen molar-refractivity contribution in [2.75, 3.05) is 14.1 Å². The van der Waals surface area contributed by atoms with Gasteiger partial charge in [-0.1, -0.05) is 36.6 Å². The van der Waals surface area contributed by atoms with Crippen molar-refractivity contribution in [1.29, 1.82) is 0 Å². The standard InChI is InChI=1S/C16H26N2/c1-12-7-8-14(13(2)11-12)15(17)16(18(3)4)9-5-6-10-16/h7-8,11,15H,5-6,9-10,17H2,1-4H3. The van der Waals surface area contributed by atoms with Crippen LogP contribution in [0, 0.1) is 13.8 Å². The Kier molecular flexibility index (Phi) is 3.79. The zero-order valence-electron chi connectivity index (χ0n) is 12.2. The Labute approximate surface area is 111 Å². The molecule has 0 bridgehead atoms. The fourth-order valence-corrected chi connectivity index (χ4v) is 3.49. The molecule has 0 saturated heterocycles. The molecular formula is C16H26N2. The maximum atomic E-state index is 6.65. The van der Waals surface area contributed by atoms with Crippen molar-refractivity contribution in [3.8, 4) is 0 Å². The van der Waals surface area contributed by atoms with Crippen LogP contribution in [0.25, 0.3) is 0 Å². The van der Waals surface area contributed by atoms with Crippen molar-refractivity contribution in [2.45, 2.75) is 51.1 Å². The lowest BCUT2D eigenvalue weighted by molar-refractivity contribution is 0.123. The van der Waals surface area contributed by atoms with Gasteiger partial charge in [-0.25, -0.2) is 0 Å². The molecule has 2 heteroatoms. The number of hydrogen-bond acceptors (Lipinski definition) is 2. The van der Waals surface area contributed by atoms with E-state index in [-0.39, 0.29) is 11.6 Å². The Bertz CT molecular complexity index is 417. The van der Waals surface area contributed by atoms with Crippen LogP contribution < -0.4 is 5.73 Å². The largest absolute Gasteiger partial charge is 0.322 e. The highest BCUT2D eigenvalue weighted by Gasteiger charge is 2.42. The number of hydrogen-bond donors (Lipinski definition) is 1. The van der Waals surface area contributed by atoms with Crippen LogP contribution in [0.1, 0.15) is 48.4 Å². The molecule has 2 nitrogen and oxygen atoms in total. The van der Waals surface area contributed by atoms with Crippen LogP contribution in [0.2, 0.25) is 0 Å². The highest BCUT2D eigenvalue weighted by Crippen LogP contribution is 2.42. The van der Waals surface area contributed by atoms with E-state index in [9.17, 15) is 0 Å². The molecule has 1 aliphatic rings. The van der Waals surface area contributed by atoms with Gasteiger partial charge >= 0.3 is 0 Å². The van der Waals surface area contributed by atoms with E-state index in [2.05, 4.69) is 51.0 Å². The van der Waals surface area contributed by atoms with Gasteiger partial charge < -0.3 is 10.6 Å². The minimum Gasteiger partial charge on any atom is -0.322 e. The molecule has 0 spiro atoms. The number of rotatable bonds is 3. The zero-order valence-corrected chi connectivity index (χ0v) is 12.2. The summed E-state index contributed by atoms with van der Waals surface area (Å²) in [5.41, 5.74) is 10.8. The van der Waals surface area contributed by atoms with Crippen LogP contribution in [-0.4, -0.2) is 24.5 Å². The lowest BCUT2D eigenvalue weighted by Crippen LogP contribution is -2.50. The van der Waals surface area contributed by atoms with E-state index >= 15 is 0 Å². The average Bonchev–Trinajstić information content (AvgIpc) is 2.78. The Morgan fingerprint density at radius 1 is 1.17 bits per heavy atom. The summed E-state index contributed by atoms with van der Waals surface area (Å²) in [6.45, 7) is 4.32.